The van der Waals surface area contributed by atoms with E-state index < -0.39 is 0 Å². The van der Waals surface area contributed by atoms with Crippen molar-refractivity contribution >= 4 is 17.2 Å². The summed E-state index contributed by atoms with van der Waals surface area (Å²) in [6.07, 6.45) is 22.8. The highest BCUT2D eigenvalue weighted by molar-refractivity contribution is 5.97. The third kappa shape index (κ3) is 4.08. The molecule has 0 amide bonds. The van der Waals surface area contributed by atoms with Gasteiger partial charge in [-0.1, -0.05) is 36.0 Å². The fraction of sp³-hybridized carbons (Fsp3) is 0.400. The minimum atomic E-state index is 0.167. The zero-order chi connectivity index (χ0) is 20.3. The number of carbonyl (C=O) groups excluding carboxylic acids is 1. The lowest BCUT2D eigenvalue weighted by molar-refractivity contribution is -0.119. The molecule has 0 bridgehead atoms. The number of aromatic nitrogens is 2. The van der Waals surface area contributed by atoms with Crippen molar-refractivity contribution in [1.82, 2.24) is 14.7 Å². The van der Waals surface area contributed by atoms with E-state index >= 15 is 0 Å². The van der Waals surface area contributed by atoms with Gasteiger partial charge in [-0.2, -0.15) is 5.10 Å². The van der Waals surface area contributed by atoms with E-state index in [-0.39, 0.29) is 6.04 Å². The fourth-order valence-electron chi connectivity index (χ4n) is 4.77. The van der Waals surface area contributed by atoms with Crippen LogP contribution in [0.25, 0.3) is 5.70 Å². The molecule has 3 heterocycles. The molecule has 1 atom stereocenters. The van der Waals surface area contributed by atoms with Crippen molar-refractivity contribution in [1.29, 1.82) is 0 Å². The molecule has 0 N–H and O–H groups in total. The summed E-state index contributed by atoms with van der Waals surface area (Å²) in [7, 11) is 0. The number of fused-ring (bicyclic) bond motifs is 1. The van der Waals surface area contributed by atoms with Crippen LogP contribution in [0.1, 0.15) is 38.5 Å². The summed E-state index contributed by atoms with van der Waals surface area (Å²) in [5.41, 5.74) is 6.16. The summed E-state index contributed by atoms with van der Waals surface area (Å²) in [5, 5.41) is 4.44. The second-order valence-electron chi connectivity index (χ2n) is 8.45. The molecule has 5 nitrogen and oxygen atoms in total. The predicted octanol–water partition coefficient (Wildman–Crippen LogP) is 4.14. The Bertz CT molecular complexity index is 1000. The van der Waals surface area contributed by atoms with Crippen molar-refractivity contribution in [3.63, 3.8) is 0 Å². The predicted molar refractivity (Wildman–Crippen MR) is 120 cm³/mol. The molecule has 0 spiro atoms. The molecule has 1 unspecified atom stereocenters. The molecule has 1 aromatic rings. The van der Waals surface area contributed by atoms with E-state index in [1.807, 2.05) is 23.1 Å². The van der Waals surface area contributed by atoms with Crippen molar-refractivity contribution in [3.8, 4) is 0 Å². The van der Waals surface area contributed by atoms with Gasteiger partial charge < -0.3 is 0 Å². The van der Waals surface area contributed by atoms with Gasteiger partial charge in [-0.05, 0) is 49.0 Å². The first-order valence-corrected chi connectivity index (χ1v) is 11.0. The van der Waals surface area contributed by atoms with Crippen LogP contribution in [-0.2, 0) is 4.79 Å². The molecular weight excluding hydrogens is 372 g/mol. The van der Waals surface area contributed by atoms with E-state index in [0.29, 0.717) is 18.7 Å². The van der Waals surface area contributed by atoms with Gasteiger partial charge in [0.2, 0.25) is 0 Å². The van der Waals surface area contributed by atoms with Crippen molar-refractivity contribution in [2.75, 3.05) is 19.6 Å². The minimum absolute atomic E-state index is 0.167. The Labute approximate surface area is 177 Å². The van der Waals surface area contributed by atoms with Crippen molar-refractivity contribution in [2.45, 2.75) is 44.6 Å². The zero-order valence-electron chi connectivity index (χ0n) is 17.3. The van der Waals surface area contributed by atoms with Gasteiger partial charge in [0.1, 0.15) is 0 Å². The normalized spacial score (nSPS) is 24.5. The van der Waals surface area contributed by atoms with E-state index in [1.165, 1.54) is 16.7 Å². The monoisotopic (exact) mass is 400 g/mol. The van der Waals surface area contributed by atoms with E-state index in [9.17, 15) is 4.79 Å². The van der Waals surface area contributed by atoms with Crippen LogP contribution in [0.3, 0.4) is 0 Å². The zero-order valence-corrected chi connectivity index (χ0v) is 17.3. The van der Waals surface area contributed by atoms with E-state index in [2.05, 4.69) is 46.5 Å². The van der Waals surface area contributed by atoms with Gasteiger partial charge in [-0.15, -0.1) is 0 Å². The Morgan fingerprint density at radius 1 is 1.10 bits per heavy atom. The molecule has 5 heteroatoms. The number of hydrogen-bond acceptors (Lipinski definition) is 4. The minimum Gasteiger partial charge on any atom is -0.298 e. The Morgan fingerprint density at radius 2 is 2.07 bits per heavy atom. The lowest BCUT2D eigenvalue weighted by Gasteiger charge is -2.25. The molecular formula is C25H28N4O. The van der Waals surface area contributed by atoms with Gasteiger partial charge in [0.05, 0.1) is 18.3 Å². The maximum Gasteiger partial charge on any atom is 0.150 e. The quantitative estimate of drug-likeness (QED) is 0.714. The maximum atomic E-state index is 12.6. The molecule has 0 saturated heterocycles. The molecule has 154 valence electrons. The number of dihydropyridines is 1. The third-order valence-corrected chi connectivity index (χ3v) is 6.29. The Morgan fingerprint density at radius 3 is 2.97 bits per heavy atom. The summed E-state index contributed by atoms with van der Waals surface area (Å²) >= 11 is 0. The smallest absolute Gasteiger partial charge is 0.150 e. The molecule has 0 radical (unpaired) electrons. The van der Waals surface area contributed by atoms with Crippen LogP contribution in [0.5, 0.6) is 0 Å². The number of ketones is 1. The van der Waals surface area contributed by atoms with Crippen LogP contribution in [0, 0.1) is 0 Å². The van der Waals surface area contributed by atoms with Crippen molar-refractivity contribution < 1.29 is 4.79 Å². The van der Waals surface area contributed by atoms with Gasteiger partial charge in [-0.3, -0.25) is 14.7 Å². The summed E-state index contributed by atoms with van der Waals surface area (Å²) in [6, 6.07) is 2.12. The summed E-state index contributed by atoms with van der Waals surface area (Å²) in [6.45, 7) is 2.16. The van der Waals surface area contributed by atoms with E-state index in [4.69, 9.17) is 4.99 Å². The highest BCUT2D eigenvalue weighted by Gasteiger charge is 2.26. The molecule has 0 aromatic carbocycles. The van der Waals surface area contributed by atoms with Gasteiger partial charge in [0, 0.05) is 44.0 Å². The third-order valence-electron chi connectivity index (χ3n) is 6.29. The summed E-state index contributed by atoms with van der Waals surface area (Å²) < 4.78 is 1.95. The van der Waals surface area contributed by atoms with Crippen LogP contribution in [0.15, 0.2) is 76.6 Å². The number of allylic oxidation sites excluding steroid dienone is 5. The van der Waals surface area contributed by atoms with Gasteiger partial charge in [0.15, 0.2) is 5.78 Å². The van der Waals surface area contributed by atoms with Crippen LogP contribution in [0.4, 0.5) is 0 Å². The Kier molecular flexibility index (Phi) is 5.45. The molecule has 1 aromatic heterocycles. The average Bonchev–Trinajstić information content (AvgIpc) is 3.10. The largest absolute Gasteiger partial charge is 0.298 e. The van der Waals surface area contributed by atoms with Gasteiger partial charge in [0.25, 0.3) is 0 Å². The Hall–Kier alpha value is -2.79. The van der Waals surface area contributed by atoms with E-state index in [0.717, 1.165) is 56.6 Å². The standard InChI is InChI=1S/C25H28N4O/c30-22-16-20-7-4-9-25(29-14-5-13-26-29)23(20)18-28(17-22)15-12-21-11-10-19-6-2-1-3-8-24(19)27-21/h3,5-6,8-11,13-14,24H,1-2,4,7,12,15-18H2. The van der Waals surface area contributed by atoms with Crippen LogP contribution in [-0.4, -0.2) is 51.9 Å². The lowest BCUT2D eigenvalue weighted by Crippen LogP contribution is -2.32. The molecule has 4 aliphatic rings. The average molecular weight is 401 g/mol. The number of carbonyl (C=O) groups is 1. The Balaban J connectivity index is 1.31. The lowest BCUT2D eigenvalue weighted by atomic mass is 9.92. The molecule has 30 heavy (non-hydrogen) atoms. The number of nitrogens with zero attached hydrogens (tertiary/aromatic N) is 4. The number of hydrogen-bond donors (Lipinski definition) is 0. The maximum absolute atomic E-state index is 12.6. The number of aliphatic imine (C=N–C) groups is 1. The summed E-state index contributed by atoms with van der Waals surface area (Å²) in [4.78, 5) is 19.9. The molecule has 2 aliphatic carbocycles. The fourth-order valence-corrected chi connectivity index (χ4v) is 4.77. The van der Waals surface area contributed by atoms with Crippen LogP contribution < -0.4 is 0 Å². The number of Topliss-reactive ketones (excluding diaryl/α,β-unsaturated/α-hetero) is 1. The van der Waals surface area contributed by atoms with Crippen LogP contribution in [0.2, 0.25) is 0 Å². The van der Waals surface area contributed by atoms with Crippen molar-refractivity contribution in [2.24, 2.45) is 4.99 Å². The molecule has 0 fully saturated rings. The van der Waals surface area contributed by atoms with Crippen molar-refractivity contribution in [3.05, 3.63) is 71.6 Å². The first-order valence-electron chi connectivity index (χ1n) is 11.0. The van der Waals surface area contributed by atoms with E-state index in [1.54, 1.807) is 0 Å². The highest BCUT2D eigenvalue weighted by atomic mass is 16.1. The molecule has 5 rings (SSSR count). The SMILES string of the molecule is O=C1CC2=C(CN(CCC3=NC4C=CCCC=C4C=C3)C1)C(n1cccn1)=CCC2. The second-order valence-corrected chi connectivity index (χ2v) is 8.45. The first-order chi connectivity index (χ1) is 14.8. The molecule has 2 aliphatic heterocycles. The van der Waals surface area contributed by atoms with Gasteiger partial charge in [-0.25, -0.2) is 4.68 Å². The van der Waals surface area contributed by atoms with Gasteiger partial charge >= 0.3 is 0 Å². The topological polar surface area (TPSA) is 50.5 Å². The first kappa shape index (κ1) is 19.2. The molecule has 0 saturated carbocycles. The number of rotatable bonds is 4. The highest BCUT2D eigenvalue weighted by Crippen LogP contribution is 2.33. The second kappa shape index (κ2) is 8.52. The summed E-state index contributed by atoms with van der Waals surface area (Å²) in [5.74, 6) is 0.319. The van der Waals surface area contributed by atoms with Crippen LogP contribution >= 0.6 is 0 Å².